The van der Waals surface area contributed by atoms with Crippen molar-refractivity contribution >= 4 is 23.0 Å². The maximum absolute atomic E-state index is 10.9. The van der Waals surface area contributed by atoms with Crippen LogP contribution in [0.25, 0.3) is 0 Å². The van der Waals surface area contributed by atoms with Crippen LogP contribution in [0.1, 0.15) is 5.69 Å². The van der Waals surface area contributed by atoms with E-state index in [1.54, 1.807) is 20.1 Å². The normalized spacial score (nSPS) is 16.2. The van der Waals surface area contributed by atoms with Crippen LogP contribution in [0.2, 0.25) is 5.02 Å². The predicted molar refractivity (Wildman–Crippen MR) is 102 cm³/mol. The van der Waals surface area contributed by atoms with Crippen molar-refractivity contribution in [3.8, 4) is 5.88 Å². The number of piperazine rings is 1. The molecule has 0 amide bonds. The average Bonchev–Trinajstić information content (AvgIpc) is 3.07. The molecule has 152 valence electrons. The van der Waals surface area contributed by atoms with Crippen LogP contribution < -0.4 is 9.64 Å². The van der Waals surface area contributed by atoms with E-state index in [2.05, 4.69) is 24.7 Å². The molecular formula is C17H22ClN5O5. The minimum absolute atomic E-state index is 0.00965. The maximum atomic E-state index is 10.9. The fourth-order valence-corrected chi connectivity index (χ4v) is 3.42. The van der Waals surface area contributed by atoms with E-state index in [1.807, 2.05) is 0 Å². The molecule has 1 aromatic carbocycles. The minimum Gasteiger partial charge on any atom is -0.467 e. The molecule has 1 atom stereocenters. The number of aryl methyl sites for hydroxylation is 1. The van der Waals surface area contributed by atoms with Gasteiger partial charge in [0.1, 0.15) is 11.8 Å². The zero-order valence-corrected chi connectivity index (χ0v) is 16.5. The van der Waals surface area contributed by atoms with Gasteiger partial charge in [0.15, 0.2) is 0 Å². The van der Waals surface area contributed by atoms with Gasteiger partial charge in [0, 0.05) is 52.0 Å². The number of nitrogens with zero attached hydrogens (tertiary/aromatic N) is 5. The van der Waals surface area contributed by atoms with Crippen LogP contribution in [0.5, 0.6) is 5.88 Å². The maximum Gasteiger partial charge on any atom is 0.279 e. The first-order valence-electron chi connectivity index (χ1n) is 8.84. The third kappa shape index (κ3) is 4.89. The molecule has 2 heterocycles. The zero-order chi connectivity index (χ0) is 20.1. The third-order valence-electron chi connectivity index (χ3n) is 4.56. The van der Waals surface area contributed by atoms with Gasteiger partial charge in [-0.2, -0.15) is 0 Å². The number of benzene rings is 1. The first-order valence-corrected chi connectivity index (χ1v) is 9.21. The van der Waals surface area contributed by atoms with Crippen LogP contribution in [-0.2, 0) is 4.74 Å². The van der Waals surface area contributed by atoms with Gasteiger partial charge >= 0.3 is 0 Å². The number of halogens is 1. The van der Waals surface area contributed by atoms with Crippen molar-refractivity contribution < 1.29 is 19.0 Å². The highest BCUT2D eigenvalue weighted by Gasteiger charge is 2.24. The molecule has 0 unspecified atom stereocenters. The van der Waals surface area contributed by atoms with Crippen LogP contribution in [0.3, 0.4) is 0 Å². The molecule has 0 bridgehead atoms. The molecule has 0 spiro atoms. The lowest BCUT2D eigenvalue weighted by molar-refractivity contribution is -0.384. The Labute approximate surface area is 167 Å². The SMILES string of the molecule is COC[C@@H](CN1CCN(c2ccc([N+](=O)[O-])cc2Cl)CC1)Oc1nonc1C. The fourth-order valence-electron chi connectivity index (χ4n) is 3.12. The van der Waals surface area contributed by atoms with Crippen molar-refractivity contribution in [2.75, 3.05) is 51.3 Å². The van der Waals surface area contributed by atoms with Gasteiger partial charge in [-0.05, 0) is 18.1 Å². The molecule has 28 heavy (non-hydrogen) atoms. The van der Waals surface area contributed by atoms with Gasteiger partial charge in [-0.25, -0.2) is 4.63 Å². The van der Waals surface area contributed by atoms with Crippen LogP contribution in [0.15, 0.2) is 22.8 Å². The molecule has 3 rings (SSSR count). The lowest BCUT2D eigenvalue weighted by Gasteiger charge is -2.37. The Bertz CT molecular complexity index is 809. The smallest absolute Gasteiger partial charge is 0.279 e. The monoisotopic (exact) mass is 411 g/mol. The second kappa shape index (κ2) is 9.18. The number of non-ortho nitro benzene ring substituents is 1. The molecule has 0 N–H and O–H groups in total. The minimum atomic E-state index is -0.449. The standard InChI is InChI=1S/C17H22ClN5O5/c1-12-17(20-28-19-12)27-14(11-26-2)10-21-5-7-22(8-6-21)16-4-3-13(23(24)25)9-15(16)18/h3-4,9,14H,5-8,10-11H2,1-2H3/t14-/m1/s1. The first kappa shape index (κ1) is 20.3. The number of nitro groups is 1. The van der Waals surface area contributed by atoms with Gasteiger partial charge in [0.25, 0.3) is 11.6 Å². The molecule has 11 heteroatoms. The molecule has 0 radical (unpaired) electrons. The second-order valence-electron chi connectivity index (χ2n) is 6.53. The number of anilines is 1. The Hall–Kier alpha value is -2.43. The lowest BCUT2D eigenvalue weighted by atomic mass is 10.2. The molecule has 1 aliphatic heterocycles. The van der Waals surface area contributed by atoms with Crippen molar-refractivity contribution in [2.45, 2.75) is 13.0 Å². The Morgan fingerprint density at radius 2 is 2.07 bits per heavy atom. The van der Waals surface area contributed by atoms with Crippen molar-refractivity contribution in [3.63, 3.8) is 0 Å². The largest absolute Gasteiger partial charge is 0.467 e. The van der Waals surface area contributed by atoms with E-state index in [4.69, 9.17) is 21.1 Å². The number of nitro benzene ring substituents is 1. The molecule has 10 nitrogen and oxygen atoms in total. The Balaban J connectivity index is 1.56. The van der Waals surface area contributed by atoms with Crippen molar-refractivity contribution in [1.29, 1.82) is 0 Å². The summed E-state index contributed by atoms with van der Waals surface area (Å²) in [5, 5.41) is 18.7. The van der Waals surface area contributed by atoms with Crippen LogP contribution >= 0.6 is 11.6 Å². The van der Waals surface area contributed by atoms with Gasteiger partial charge < -0.3 is 14.4 Å². The summed E-state index contributed by atoms with van der Waals surface area (Å²) < 4.78 is 15.8. The number of hydrogen-bond donors (Lipinski definition) is 0. The van der Waals surface area contributed by atoms with Crippen molar-refractivity contribution in [3.05, 3.63) is 39.0 Å². The third-order valence-corrected chi connectivity index (χ3v) is 4.86. The highest BCUT2D eigenvalue weighted by Crippen LogP contribution is 2.30. The second-order valence-corrected chi connectivity index (χ2v) is 6.94. The van der Waals surface area contributed by atoms with Crippen LogP contribution in [0.4, 0.5) is 11.4 Å². The summed E-state index contributed by atoms with van der Waals surface area (Å²) in [4.78, 5) is 14.8. The van der Waals surface area contributed by atoms with E-state index in [0.717, 1.165) is 31.9 Å². The highest BCUT2D eigenvalue weighted by atomic mass is 35.5. The van der Waals surface area contributed by atoms with E-state index in [-0.39, 0.29) is 11.8 Å². The summed E-state index contributed by atoms with van der Waals surface area (Å²) in [6.45, 7) is 5.95. The molecule has 1 fully saturated rings. The molecule has 1 aromatic heterocycles. The fraction of sp³-hybridized carbons (Fsp3) is 0.529. The van der Waals surface area contributed by atoms with Crippen molar-refractivity contribution in [2.24, 2.45) is 0 Å². The zero-order valence-electron chi connectivity index (χ0n) is 15.7. The van der Waals surface area contributed by atoms with Crippen molar-refractivity contribution in [1.82, 2.24) is 15.2 Å². The quantitative estimate of drug-likeness (QED) is 0.476. The van der Waals surface area contributed by atoms with E-state index in [1.165, 1.54) is 12.1 Å². The summed E-state index contributed by atoms with van der Waals surface area (Å²) in [6, 6.07) is 4.57. The van der Waals surface area contributed by atoms with E-state index in [0.29, 0.717) is 29.7 Å². The van der Waals surface area contributed by atoms with E-state index < -0.39 is 4.92 Å². The lowest BCUT2D eigenvalue weighted by Crippen LogP contribution is -2.50. The molecule has 0 aliphatic carbocycles. The molecule has 1 aliphatic rings. The van der Waals surface area contributed by atoms with Gasteiger partial charge in [0.05, 0.1) is 22.2 Å². The molecule has 0 saturated carbocycles. The Morgan fingerprint density at radius 1 is 1.32 bits per heavy atom. The van der Waals surface area contributed by atoms with E-state index in [9.17, 15) is 10.1 Å². The number of rotatable bonds is 8. The summed E-state index contributed by atoms with van der Waals surface area (Å²) in [5.41, 5.74) is 1.39. The average molecular weight is 412 g/mol. The summed E-state index contributed by atoms with van der Waals surface area (Å²) in [7, 11) is 1.62. The Kier molecular flexibility index (Phi) is 6.65. The van der Waals surface area contributed by atoms with Crippen LogP contribution in [-0.4, -0.2) is 72.7 Å². The van der Waals surface area contributed by atoms with E-state index >= 15 is 0 Å². The molecular weight excluding hydrogens is 390 g/mol. The number of ether oxygens (including phenoxy) is 2. The summed E-state index contributed by atoms with van der Waals surface area (Å²) in [6.07, 6.45) is -0.204. The molecule has 2 aromatic rings. The summed E-state index contributed by atoms with van der Waals surface area (Å²) in [5.74, 6) is 0.373. The van der Waals surface area contributed by atoms with Gasteiger partial charge in [-0.1, -0.05) is 16.8 Å². The first-order chi connectivity index (χ1) is 13.5. The van der Waals surface area contributed by atoms with Gasteiger partial charge in [-0.3, -0.25) is 15.0 Å². The number of aromatic nitrogens is 2. The topological polar surface area (TPSA) is 107 Å². The van der Waals surface area contributed by atoms with Gasteiger partial charge in [0.2, 0.25) is 0 Å². The number of hydrogen-bond acceptors (Lipinski definition) is 9. The number of methoxy groups -OCH3 is 1. The van der Waals surface area contributed by atoms with Gasteiger partial charge in [-0.15, -0.1) is 0 Å². The Morgan fingerprint density at radius 3 is 2.64 bits per heavy atom. The van der Waals surface area contributed by atoms with Crippen LogP contribution in [0, 0.1) is 17.0 Å². The highest BCUT2D eigenvalue weighted by molar-refractivity contribution is 6.33. The predicted octanol–water partition coefficient (Wildman–Crippen LogP) is 2.16. The molecule has 1 saturated heterocycles. The summed E-state index contributed by atoms with van der Waals surface area (Å²) >= 11 is 6.25.